The Morgan fingerprint density at radius 3 is 2.07 bits per heavy atom. The van der Waals surface area contributed by atoms with Crippen LogP contribution in [0.15, 0.2) is 0 Å². The number of urea groups is 1. The van der Waals surface area contributed by atoms with Crippen LogP contribution >= 0.6 is 0 Å². The van der Waals surface area contributed by atoms with Gasteiger partial charge in [-0.1, -0.05) is 52.9 Å². The number of carbonyl (C=O) groups is 1. The standard InChI is InChI=1S/C23H48N2O2Si/c1-22(2,3)24-21(26)25(20-16-12-11-13-17-20)18-14-9-10-15-19-27-28(7,8)23(4,5)6/h20H,9-19H2,1-8H3,(H,24,26). The first-order chi connectivity index (χ1) is 12.8. The van der Waals surface area contributed by atoms with Crippen LogP contribution in [0.2, 0.25) is 18.1 Å². The van der Waals surface area contributed by atoms with E-state index in [2.05, 4.69) is 64.9 Å². The van der Waals surface area contributed by atoms with E-state index in [4.69, 9.17) is 4.43 Å². The molecule has 1 N–H and O–H groups in total. The van der Waals surface area contributed by atoms with Crippen molar-refractivity contribution in [2.45, 2.75) is 129 Å². The van der Waals surface area contributed by atoms with Crippen molar-refractivity contribution in [2.24, 2.45) is 0 Å². The first kappa shape index (κ1) is 25.5. The summed E-state index contributed by atoms with van der Waals surface area (Å²) in [7, 11) is -1.61. The van der Waals surface area contributed by atoms with Crippen LogP contribution in [-0.4, -0.2) is 44.0 Å². The quantitative estimate of drug-likeness (QED) is 0.338. The van der Waals surface area contributed by atoms with Crippen LogP contribution in [0.3, 0.4) is 0 Å². The third-order valence-corrected chi connectivity index (χ3v) is 10.9. The highest BCUT2D eigenvalue weighted by Crippen LogP contribution is 2.36. The summed E-state index contributed by atoms with van der Waals surface area (Å²) in [6.45, 7) is 19.5. The third kappa shape index (κ3) is 9.30. The fraction of sp³-hybridized carbons (Fsp3) is 0.957. The van der Waals surface area contributed by atoms with Crippen molar-refractivity contribution in [3.63, 3.8) is 0 Å². The Balaban J connectivity index is 2.37. The number of amides is 2. The van der Waals surface area contributed by atoms with E-state index < -0.39 is 8.32 Å². The van der Waals surface area contributed by atoms with Gasteiger partial charge in [0.1, 0.15) is 0 Å². The number of unbranched alkanes of at least 4 members (excludes halogenated alkanes) is 3. The zero-order valence-corrected chi connectivity index (χ0v) is 21.1. The molecule has 1 fully saturated rings. The lowest BCUT2D eigenvalue weighted by molar-refractivity contribution is 0.146. The average molecular weight is 413 g/mol. The van der Waals surface area contributed by atoms with E-state index in [-0.39, 0.29) is 16.6 Å². The van der Waals surface area contributed by atoms with E-state index in [1.165, 1.54) is 32.1 Å². The van der Waals surface area contributed by atoms with Gasteiger partial charge in [-0.25, -0.2) is 4.79 Å². The maximum absolute atomic E-state index is 12.8. The second-order valence-corrected chi connectivity index (χ2v) is 16.0. The van der Waals surface area contributed by atoms with Crippen LogP contribution in [0, 0.1) is 0 Å². The molecule has 166 valence electrons. The zero-order valence-electron chi connectivity index (χ0n) is 20.1. The molecule has 0 aromatic heterocycles. The van der Waals surface area contributed by atoms with Crippen molar-refractivity contribution >= 4 is 14.3 Å². The molecule has 0 heterocycles. The third-order valence-electron chi connectivity index (χ3n) is 6.32. The molecule has 5 heteroatoms. The van der Waals surface area contributed by atoms with E-state index in [9.17, 15) is 4.79 Å². The minimum absolute atomic E-state index is 0.126. The van der Waals surface area contributed by atoms with E-state index in [1.807, 2.05) is 0 Å². The number of nitrogens with zero attached hydrogens (tertiary/aromatic N) is 1. The first-order valence-electron chi connectivity index (χ1n) is 11.6. The summed E-state index contributed by atoms with van der Waals surface area (Å²) in [6.07, 6.45) is 10.7. The molecule has 0 saturated heterocycles. The molecule has 1 aliphatic rings. The van der Waals surface area contributed by atoms with Crippen LogP contribution in [0.1, 0.15) is 99.3 Å². The molecule has 1 saturated carbocycles. The predicted octanol–water partition coefficient (Wildman–Crippen LogP) is 6.71. The van der Waals surface area contributed by atoms with Gasteiger partial charge in [0, 0.05) is 24.7 Å². The highest BCUT2D eigenvalue weighted by Gasteiger charge is 2.36. The van der Waals surface area contributed by atoms with Gasteiger partial charge >= 0.3 is 6.03 Å². The van der Waals surface area contributed by atoms with Gasteiger partial charge in [0.05, 0.1) is 0 Å². The Labute approximate surface area is 176 Å². The molecule has 0 radical (unpaired) electrons. The largest absolute Gasteiger partial charge is 0.417 e. The lowest BCUT2D eigenvalue weighted by Crippen LogP contribution is -2.52. The van der Waals surface area contributed by atoms with Crippen LogP contribution in [0.5, 0.6) is 0 Å². The Bertz CT molecular complexity index is 460. The monoisotopic (exact) mass is 412 g/mol. The summed E-state index contributed by atoms with van der Waals surface area (Å²) < 4.78 is 6.27. The molecule has 1 aliphatic carbocycles. The van der Waals surface area contributed by atoms with E-state index in [0.29, 0.717) is 6.04 Å². The number of nitrogens with one attached hydrogen (secondary N) is 1. The van der Waals surface area contributed by atoms with Crippen molar-refractivity contribution in [1.82, 2.24) is 10.2 Å². The number of rotatable bonds is 9. The fourth-order valence-electron chi connectivity index (χ4n) is 3.52. The van der Waals surface area contributed by atoms with E-state index in [1.54, 1.807) is 0 Å². The van der Waals surface area contributed by atoms with E-state index in [0.717, 1.165) is 38.8 Å². The number of hydrogen-bond donors (Lipinski definition) is 1. The van der Waals surface area contributed by atoms with Gasteiger partial charge in [-0.05, 0) is 64.6 Å². The average Bonchev–Trinajstić information content (AvgIpc) is 2.55. The SMILES string of the molecule is CC(C)(C)NC(=O)N(CCCCCCO[Si](C)(C)C(C)(C)C)C1CCCCC1. The van der Waals surface area contributed by atoms with Gasteiger partial charge in [-0.2, -0.15) is 0 Å². The molecular weight excluding hydrogens is 364 g/mol. The lowest BCUT2D eigenvalue weighted by Gasteiger charge is -2.36. The van der Waals surface area contributed by atoms with Crippen molar-refractivity contribution in [3.8, 4) is 0 Å². The van der Waals surface area contributed by atoms with Gasteiger partial charge in [-0.3, -0.25) is 0 Å². The maximum atomic E-state index is 12.8. The highest BCUT2D eigenvalue weighted by molar-refractivity contribution is 6.74. The summed E-state index contributed by atoms with van der Waals surface area (Å²) in [4.78, 5) is 15.0. The Morgan fingerprint density at radius 1 is 0.964 bits per heavy atom. The summed E-state index contributed by atoms with van der Waals surface area (Å²) in [5, 5.41) is 3.47. The summed E-state index contributed by atoms with van der Waals surface area (Å²) in [5.41, 5.74) is -0.176. The van der Waals surface area contributed by atoms with Gasteiger partial charge in [0.2, 0.25) is 0 Å². The number of carbonyl (C=O) groups excluding carboxylic acids is 1. The number of hydrogen-bond acceptors (Lipinski definition) is 2. The molecule has 0 spiro atoms. The molecule has 0 atom stereocenters. The summed E-state index contributed by atoms with van der Waals surface area (Å²) in [5.74, 6) is 0. The van der Waals surface area contributed by atoms with Gasteiger partial charge in [-0.15, -0.1) is 0 Å². The van der Waals surface area contributed by atoms with Crippen molar-refractivity contribution in [3.05, 3.63) is 0 Å². The van der Waals surface area contributed by atoms with Crippen LogP contribution in [-0.2, 0) is 4.43 Å². The normalized spacial score (nSPS) is 16.9. The Morgan fingerprint density at radius 2 is 1.54 bits per heavy atom. The Hall–Kier alpha value is -0.553. The molecule has 0 aromatic rings. The minimum atomic E-state index is -1.61. The molecule has 0 bridgehead atoms. The molecular formula is C23H48N2O2Si. The molecule has 28 heavy (non-hydrogen) atoms. The molecule has 2 amide bonds. The molecule has 4 nitrogen and oxygen atoms in total. The van der Waals surface area contributed by atoms with Gasteiger partial charge < -0.3 is 14.6 Å². The molecule has 0 aliphatic heterocycles. The Kier molecular flexibility index (Phi) is 10.0. The zero-order chi connectivity index (χ0) is 21.4. The van der Waals surface area contributed by atoms with Crippen LogP contribution in [0.4, 0.5) is 4.79 Å². The molecule has 0 unspecified atom stereocenters. The topological polar surface area (TPSA) is 41.6 Å². The molecule has 0 aromatic carbocycles. The smallest absolute Gasteiger partial charge is 0.318 e. The second-order valence-electron chi connectivity index (χ2n) is 11.2. The minimum Gasteiger partial charge on any atom is -0.417 e. The highest BCUT2D eigenvalue weighted by atomic mass is 28.4. The first-order valence-corrected chi connectivity index (χ1v) is 14.5. The van der Waals surface area contributed by atoms with Crippen molar-refractivity contribution in [2.75, 3.05) is 13.2 Å². The fourth-order valence-corrected chi connectivity index (χ4v) is 4.60. The molecule has 1 rings (SSSR count). The van der Waals surface area contributed by atoms with Gasteiger partial charge in [0.15, 0.2) is 8.32 Å². The summed E-state index contributed by atoms with van der Waals surface area (Å²) >= 11 is 0. The second kappa shape index (κ2) is 11.0. The lowest BCUT2D eigenvalue weighted by atomic mass is 9.94. The van der Waals surface area contributed by atoms with Crippen molar-refractivity contribution < 1.29 is 9.22 Å². The maximum Gasteiger partial charge on any atom is 0.318 e. The predicted molar refractivity (Wildman–Crippen MR) is 123 cm³/mol. The van der Waals surface area contributed by atoms with Crippen LogP contribution in [0.25, 0.3) is 0 Å². The van der Waals surface area contributed by atoms with E-state index >= 15 is 0 Å². The summed E-state index contributed by atoms with van der Waals surface area (Å²) in [6, 6.07) is 0.554. The van der Waals surface area contributed by atoms with Gasteiger partial charge in [0.25, 0.3) is 0 Å². The van der Waals surface area contributed by atoms with Crippen molar-refractivity contribution in [1.29, 1.82) is 0 Å². The van der Waals surface area contributed by atoms with Crippen LogP contribution < -0.4 is 5.32 Å².